The number of hydrogen-bond donors (Lipinski definition) is 1. The highest BCUT2D eigenvalue weighted by molar-refractivity contribution is 7.09. The first kappa shape index (κ1) is 14.7. The monoisotopic (exact) mass is 268 g/mol. The summed E-state index contributed by atoms with van der Waals surface area (Å²) in [5, 5.41) is 2.00. The Morgan fingerprint density at radius 1 is 1.61 bits per heavy atom. The van der Waals surface area contributed by atoms with Gasteiger partial charge in [0.15, 0.2) is 0 Å². The van der Waals surface area contributed by atoms with Crippen molar-refractivity contribution in [2.75, 3.05) is 19.7 Å². The molecule has 0 aromatic carbocycles. The van der Waals surface area contributed by atoms with Crippen molar-refractivity contribution in [3.63, 3.8) is 0 Å². The molecule has 0 aliphatic heterocycles. The van der Waals surface area contributed by atoms with E-state index in [1.54, 1.807) is 16.2 Å². The highest BCUT2D eigenvalue weighted by Crippen LogP contribution is 2.13. The van der Waals surface area contributed by atoms with Gasteiger partial charge in [-0.1, -0.05) is 6.07 Å². The fourth-order valence-electron chi connectivity index (χ4n) is 1.55. The summed E-state index contributed by atoms with van der Waals surface area (Å²) in [5.74, 6) is 0.735. The fraction of sp³-hybridized carbons (Fsp3) is 0.462. The van der Waals surface area contributed by atoms with E-state index >= 15 is 0 Å². The van der Waals surface area contributed by atoms with Crippen LogP contribution in [0.25, 0.3) is 0 Å². The van der Waals surface area contributed by atoms with Crippen molar-refractivity contribution in [3.8, 4) is 0 Å². The third kappa shape index (κ3) is 4.50. The Balaban J connectivity index is 2.69. The van der Waals surface area contributed by atoms with Crippen molar-refractivity contribution < 1.29 is 9.53 Å². The summed E-state index contributed by atoms with van der Waals surface area (Å²) in [6.07, 6.45) is 1.88. The van der Waals surface area contributed by atoms with Crippen LogP contribution >= 0.6 is 11.3 Å². The Hall–Kier alpha value is -1.33. The molecular formula is C13H20N2O2S. The van der Waals surface area contributed by atoms with Crippen LogP contribution in [0.2, 0.25) is 0 Å². The van der Waals surface area contributed by atoms with Crippen molar-refractivity contribution in [2.45, 2.75) is 20.4 Å². The Bertz CT molecular complexity index is 388. The summed E-state index contributed by atoms with van der Waals surface area (Å²) >= 11 is 1.63. The molecule has 0 spiro atoms. The highest BCUT2D eigenvalue weighted by atomic mass is 32.1. The molecule has 0 saturated heterocycles. The van der Waals surface area contributed by atoms with Gasteiger partial charge in [0, 0.05) is 4.88 Å². The van der Waals surface area contributed by atoms with E-state index in [1.165, 1.54) is 0 Å². The molecular weight excluding hydrogens is 248 g/mol. The maximum absolute atomic E-state index is 11.8. The number of nitrogens with zero attached hydrogens (tertiary/aromatic N) is 1. The van der Waals surface area contributed by atoms with Crippen LogP contribution in [-0.4, -0.2) is 30.5 Å². The summed E-state index contributed by atoms with van der Waals surface area (Å²) in [7, 11) is 0. The Morgan fingerprint density at radius 2 is 2.39 bits per heavy atom. The molecule has 1 rings (SSSR count). The van der Waals surface area contributed by atoms with Gasteiger partial charge in [-0.05, 0) is 31.4 Å². The van der Waals surface area contributed by atoms with Crippen LogP contribution in [0.15, 0.2) is 29.3 Å². The number of thiophene rings is 1. The van der Waals surface area contributed by atoms with E-state index in [-0.39, 0.29) is 12.5 Å². The largest absolute Gasteiger partial charge is 0.497 e. The maximum atomic E-state index is 11.8. The molecule has 4 nitrogen and oxygen atoms in total. The second kappa shape index (κ2) is 7.89. The minimum atomic E-state index is -0.0672. The van der Waals surface area contributed by atoms with E-state index in [4.69, 9.17) is 10.5 Å². The van der Waals surface area contributed by atoms with Crippen LogP contribution < -0.4 is 5.73 Å². The Morgan fingerprint density at radius 3 is 2.89 bits per heavy atom. The zero-order valence-electron chi connectivity index (χ0n) is 10.9. The molecule has 1 aromatic heterocycles. The van der Waals surface area contributed by atoms with Crippen molar-refractivity contribution >= 4 is 17.2 Å². The summed E-state index contributed by atoms with van der Waals surface area (Å²) < 4.78 is 5.47. The normalized spacial score (nSPS) is 11.4. The highest BCUT2D eigenvalue weighted by Gasteiger charge is 2.15. The van der Waals surface area contributed by atoms with Gasteiger partial charge in [-0.2, -0.15) is 0 Å². The predicted octanol–water partition coefficient (Wildman–Crippen LogP) is 1.98. The number of amides is 1. The number of rotatable bonds is 7. The summed E-state index contributed by atoms with van der Waals surface area (Å²) in [6.45, 7) is 5.51. The number of nitrogens with two attached hydrogens (primary N) is 1. The van der Waals surface area contributed by atoms with Gasteiger partial charge in [-0.15, -0.1) is 11.3 Å². The molecule has 100 valence electrons. The van der Waals surface area contributed by atoms with Crippen LogP contribution in [0.5, 0.6) is 0 Å². The SMILES string of the molecule is C/C=C(/CN(Cc1cccs1)C(=O)CN)OCC. The van der Waals surface area contributed by atoms with E-state index in [0.717, 1.165) is 10.6 Å². The van der Waals surface area contributed by atoms with Gasteiger partial charge in [-0.25, -0.2) is 0 Å². The van der Waals surface area contributed by atoms with E-state index in [2.05, 4.69) is 0 Å². The quantitative estimate of drug-likeness (QED) is 0.769. The van der Waals surface area contributed by atoms with Gasteiger partial charge < -0.3 is 15.4 Å². The van der Waals surface area contributed by atoms with E-state index in [0.29, 0.717) is 19.7 Å². The predicted molar refractivity (Wildman–Crippen MR) is 74.2 cm³/mol. The van der Waals surface area contributed by atoms with Crippen molar-refractivity contribution in [2.24, 2.45) is 5.73 Å². The molecule has 0 saturated carbocycles. The fourth-order valence-corrected chi connectivity index (χ4v) is 2.27. The number of allylic oxidation sites excluding steroid dienone is 1. The number of carbonyl (C=O) groups is 1. The second-order valence-electron chi connectivity index (χ2n) is 3.72. The lowest BCUT2D eigenvalue weighted by Gasteiger charge is -2.22. The first-order valence-electron chi connectivity index (χ1n) is 5.99. The smallest absolute Gasteiger partial charge is 0.237 e. The third-order valence-corrected chi connectivity index (χ3v) is 3.31. The third-order valence-electron chi connectivity index (χ3n) is 2.45. The van der Waals surface area contributed by atoms with Crippen LogP contribution in [0.1, 0.15) is 18.7 Å². The second-order valence-corrected chi connectivity index (χ2v) is 4.75. The van der Waals surface area contributed by atoms with Gasteiger partial charge in [0.05, 0.1) is 26.2 Å². The average molecular weight is 268 g/mol. The van der Waals surface area contributed by atoms with E-state index < -0.39 is 0 Å². The minimum absolute atomic E-state index is 0.0223. The van der Waals surface area contributed by atoms with Gasteiger partial charge in [0.1, 0.15) is 5.76 Å². The first-order valence-corrected chi connectivity index (χ1v) is 6.87. The lowest BCUT2D eigenvalue weighted by Crippen LogP contribution is -2.37. The molecule has 0 aliphatic rings. The first-order chi connectivity index (χ1) is 8.71. The molecule has 1 aromatic rings. The topological polar surface area (TPSA) is 55.6 Å². The molecule has 1 amide bonds. The average Bonchev–Trinajstić information content (AvgIpc) is 2.89. The minimum Gasteiger partial charge on any atom is -0.497 e. The molecule has 0 unspecified atom stereocenters. The van der Waals surface area contributed by atoms with E-state index in [9.17, 15) is 4.79 Å². The van der Waals surface area contributed by atoms with Gasteiger partial charge in [0.2, 0.25) is 5.91 Å². The lowest BCUT2D eigenvalue weighted by molar-refractivity contribution is -0.130. The molecule has 0 radical (unpaired) electrons. The maximum Gasteiger partial charge on any atom is 0.237 e. The molecule has 2 N–H and O–H groups in total. The van der Waals surface area contributed by atoms with Crippen molar-refractivity contribution in [3.05, 3.63) is 34.2 Å². The van der Waals surface area contributed by atoms with E-state index in [1.807, 2.05) is 37.4 Å². The van der Waals surface area contributed by atoms with Crippen molar-refractivity contribution in [1.29, 1.82) is 0 Å². The van der Waals surface area contributed by atoms with Crippen LogP contribution in [0.4, 0.5) is 0 Å². The van der Waals surface area contributed by atoms with Crippen LogP contribution in [0.3, 0.4) is 0 Å². The van der Waals surface area contributed by atoms with Crippen LogP contribution in [-0.2, 0) is 16.1 Å². The number of hydrogen-bond acceptors (Lipinski definition) is 4. The molecule has 0 atom stereocenters. The number of carbonyl (C=O) groups excluding carboxylic acids is 1. The van der Waals surface area contributed by atoms with Gasteiger partial charge in [0.25, 0.3) is 0 Å². The molecule has 18 heavy (non-hydrogen) atoms. The standard InChI is InChI=1S/C13H20N2O2S/c1-3-11(17-4-2)9-15(13(16)8-14)10-12-6-5-7-18-12/h3,5-7H,4,8-10,14H2,1-2H3/b11-3-. The van der Waals surface area contributed by atoms with Gasteiger partial charge >= 0.3 is 0 Å². The summed E-state index contributed by atoms with van der Waals surface area (Å²) in [4.78, 5) is 14.7. The molecule has 5 heteroatoms. The van der Waals surface area contributed by atoms with Crippen LogP contribution in [0, 0.1) is 0 Å². The zero-order valence-corrected chi connectivity index (χ0v) is 11.7. The Labute approximate surface area is 112 Å². The molecule has 0 aliphatic carbocycles. The van der Waals surface area contributed by atoms with Gasteiger partial charge in [-0.3, -0.25) is 4.79 Å². The zero-order chi connectivity index (χ0) is 13.4. The Kier molecular flexibility index (Phi) is 6.46. The number of ether oxygens (including phenoxy) is 1. The molecule has 0 bridgehead atoms. The molecule has 1 heterocycles. The lowest BCUT2D eigenvalue weighted by atomic mass is 10.3. The summed E-state index contributed by atoms with van der Waals surface area (Å²) in [6, 6.07) is 3.99. The van der Waals surface area contributed by atoms with Crippen molar-refractivity contribution in [1.82, 2.24) is 4.90 Å². The summed E-state index contributed by atoms with van der Waals surface area (Å²) in [5.41, 5.74) is 5.44. The molecule has 0 fully saturated rings.